The van der Waals surface area contributed by atoms with Gasteiger partial charge < -0.3 is 9.80 Å². The summed E-state index contributed by atoms with van der Waals surface area (Å²) in [6.07, 6.45) is 2.70. The smallest absolute Gasteiger partial charge is 0.185 e. The summed E-state index contributed by atoms with van der Waals surface area (Å²) in [6.45, 7) is 10.3. The Labute approximate surface area is 115 Å². The quantitative estimate of drug-likeness (QED) is 0.836. The maximum atomic E-state index is 4.56. The molecule has 0 amide bonds. The van der Waals surface area contributed by atoms with Gasteiger partial charge in [-0.25, -0.2) is 4.98 Å². The lowest BCUT2D eigenvalue weighted by Crippen LogP contribution is -2.43. The van der Waals surface area contributed by atoms with Crippen molar-refractivity contribution in [2.45, 2.75) is 39.7 Å². The standard InChI is InChI=1S/C14H25N3S/c1-11(2)17-7-5-6-13(9-17)8-16(4)14-15-12(3)10-18-14/h10-11,13H,5-9H2,1-4H3/t13-/m1/s1. The van der Waals surface area contributed by atoms with Crippen LogP contribution in [0, 0.1) is 12.8 Å². The molecule has 0 aromatic carbocycles. The first-order valence-corrected chi connectivity index (χ1v) is 7.81. The molecule has 0 radical (unpaired) electrons. The average molecular weight is 267 g/mol. The minimum atomic E-state index is 0.681. The number of aryl methyl sites for hydroxylation is 1. The first-order chi connectivity index (χ1) is 8.56. The fourth-order valence-corrected chi connectivity index (χ4v) is 3.48. The summed E-state index contributed by atoms with van der Waals surface area (Å²) in [5, 5.41) is 3.29. The Morgan fingerprint density at radius 2 is 2.33 bits per heavy atom. The topological polar surface area (TPSA) is 19.4 Å². The number of rotatable bonds is 4. The van der Waals surface area contributed by atoms with Gasteiger partial charge in [0.25, 0.3) is 0 Å². The van der Waals surface area contributed by atoms with Crippen molar-refractivity contribution in [2.75, 3.05) is 31.6 Å². The van der Waals surface area contributed by atoms with Crippen molar-refractivity contribution in [3.05, 3.63) is 11.1 Å². The highest BCUT2D eigenvalue weighted by Crippen LogP contribution is 2.23. The average Bonchev–Trinajstić information content (AvgIpc) is 2.76. The third-order valence-corrected chi connectivity index (χ3v) is 4.82. The van der Waals surface area contributed by atoms with Gasteiger partial charge in [0.2, 0.25) is 0 Å². The van der Waals surface area contributed by atoms with Gasteiger partial charge in [0.05, 0.1) is 5.69 Å². The lowest BCUT2D eigenvalue weighted by Gasteiger charge is -2.36. The number of hydrogen-bond acceptors (Lipinski definition) is 4. The molecule has 4 heteroatoms. The van der Waals surface area contributed by atoms with E-state index in [0.29, 0.717) is 6.04 Å². The van der Waals surface area contributed by atoms with Crippen LogP contribution in [0.5, 0.6) is 0 Å². The van der Waals surface area contributed by atoms with E-state index in [-0.39, 0.29) is 0 Å². The molecule has 0 saturated carbocycles. The fourth-order valence-electron chi connectivity index (χ4n) is 2.70. The van der Waals surface area contributed by atoms with E-state index in [1.165, 1.54) is 25.9 Å². The van der Waals surface area contributed by atoms with Crippen LogP contribution in [0.4, 0.5) is 5.13 Å². The molecule has 2 heterocycles. The highest BCUT2D eigenvalue weighted by atomic mass is 32.1. The second-order valence-corrected chi connectivity index (χ2v) is 6.59. The number of hydrogen-bond donors (Lipinski definition) is 0. The van der Waals surface area contributed by atoms with E-state index in [1.54, 1.807) is 11.3 Å². The lowest BCUT2D eigenvalue weighted by atomic mass is 9.96. The maximum Gasteiger partial charge on any atom is 0.185 e. The number of anilines is 1. The van der Waals surface area contributed by atoms with Crippen LogP contribution in [0.2, 0.25) is 0 Å². The number of thiazole rings is 1. The normalized spacial score (nSPS) is 21.5. The molecule has 1 atom stereocenters. The van der Waals surface area contributed by atoms with Crippen molar-refractivity contribution < 1.29 is 0 Å². The van der Waals surface area contributed by atoms with Gasteiger partial charge in [0.1, 0.15) is 0 Å². The van der Waals surface area contributed by atoms with Gasteiger partial charge in [-0.3, -0.25) is 0 Å². The summed E-state index contributed by atoms with van der Waals surface area (Å²) < 4.78 is 0. The van der Waals surface area contributed by atoms with Gasteiger partial charge in [-0.05, 0) is 46.1 Å². The highest BCUT2D eigenvalue weighted by Gasteiger charge is 2.23. The molecule has 0 bridgehead atoms. The molecule has 1 aliphatic rings. The number of aromatic nitrogens is 1. The van der Waals surface area contributed by atoms with Crippen LogP contribution < -0.4 is 4.90 Å². The lowest BCUT2D eigenvalue weighted by molar-refractivity contribution is 0.142. The largest absolute Gasteiger partial charge is 0.351 e. The number of likely N-dealkylation sites (tertiary alicyclic amines) is 1. The predicted octanol–water partition coefficient (Wildman–Crippen LogP) is 3.01. The zero-order chi connectivity index (χ0) is 13.1. The molecule has 1 aromatic rings. The Hall–Kier alpha value is -0.610. The Morgan fingerprint density at radius 3 is 2.94 bits per heavy atom. The van der Waals surface area contributed by atoms with Crippen LogP contribution in [0.3, 0.4) is 0 Å². The summed E-state index contributed by atoms with van der Waals surface area (Å²) in [5.74, 6) is 0.787. The second-order valence-electron chi connectivity index (χ2n) is 5.75. The minimum Gasteiger partial charge on any atom is -0.351 e. The van der Waals surface area contributed by atoms with Gasteiger partial charge in [0, 0.05) is 31.6 Å². The van der Waals surface area contributed by atoms with E-state index in [4.69, 9.17) is 0 Å². The van der Waals surface area contributed by atoms with Crippen LogP contribution >= 0.6 is 11.3 Å². The second kappa shape index (κ2) is 6.02. The van der Waals surface area contributed by atoms with E-state index in [0.717, 1.165) is 23.3 Å². The van der Waals surface area contributed by atoms with E-state index in [1.807, 2.05) is 0 Å². The first-order valence-electron chi connectivity index (χ1n) is 6.93. The monoisotopic (exact) mass is 267 g/mol. The van der Waals surface area contributed by atoms with Crippen LogP contribution in [0.1, 0.15) is 32.4 Å². The van der Waals surface area contributed by atoms with Gasteiger partial charge >= 0.3 is 0 Å². The molecule has 18 heavy (non-hydrogen) atoms. The zero-order valence-electron chi connectivity index (χ0n) is 12.0. The molecule has 0 N–H and O–H groups in total. The minimum absolute atomic E-state index is 0.681. The van der Waals surface area contributed by atoms with Crippen molar-refractivity contribution in [3.8, 4) is 0 Å². The van der Waals surface area contributed by atoms with Gasteiger partial charge in [-0.1, -0.05) is 0 Å². The summed E-state index contributed by atoms with van der Waals surface area (Å²) in [7, 11) is 2.17. The SMILES string of the molecule is Cc1csc(N(C)C[C@H]2CCCN(C(C)C)C2)n1. The third kappa shape index (κ3) is 3.45. The highest BCUT2D eigenvalue weighted by molar-refractivity contribution is 7.13. The fraction of sp³-hybridized carbons (Fsp3) is 0.786. The van der Waals surface area contributed by atoms with E-state index in [2.05, 4.69) is 48.0 Å². The maximum absolute atomic E-state index is 4.56. The molecular formula is C14H25N3S. The van der Waals surface area contributed by atoms with Crippen molar-refractivity contribution >= 4 is 16.5 Å². The third-order valence-electron chi connectivity index (χ3n) is 3.75. The predicted molar refractivity (Wildman–Crippen MR) is 79.6 cm³/mol. The summed E-state index contributed by atoms with van der Waals surface area (Å²) in [6, 6.07) is 0.681. The van der Waals surface area contributed by atoms with Crippen molar-refractivity contribution in [1.29, 1.82) is 0 Å². The van der Waals surface area contributed by atoms with E-state index in [9.17, 15) is 0 Å². The molecule has 3 nitrogen and oxygen atoms in total. The van der Waals surface area contributed by atoms with Crippen LogP contribution in [0.25, 0.3) is 0 Å². The molecule has 1 saturated heterocycles. The van der Waals surface area contributed by atoms with Crippen LogP contribution in [-0.4, -0.2) is 42.6 Å². The van der Waals surface area contributed by atoms with Crippen molar-refractivity contribution in [3.63, 3.8) is 0 Å². The van der Waals surface area contributed by atoms with Crippen molar-refractivity contribution in [2.24, 2.45) is 5.92 Å². The molecule has 1 aromatic heterocycles. The Balaban J connectivity index is 1.89. The van der Waals surface area contributed by atoms with Crippen LogP contribution in [0.15, 0.2) is 5.38 Å². The number of piperidine rings is 1. The molecule has 0 unspecified atom stereocenters. The van der Waals surface area contributed by atoms with E-state index < -0.39 is 0 Å². The van der Waals surface area contributed by atoms with Gasteiger partial charge in [0.15, 0.2) is 5.13 Å². The zero-order valence-corrected chi connectivity index (χ0v) is 12.8. The summed E-state index contributed by atoms with van der Waals surface area (Å²) in [5.41, 5.74) is 1.13. The Kier molecular flexibility index (Phi) is 4.62. The number of nitrogens with zero attached hydrogens (tertiary/aromatic N) is 3. The molecular weight excluding hydrogens is 242 g/mol. The Bertz CT molecular complexity index is 375. The Morgan fingerprint density at radius 1 is 1.56 bits per heavy atom. The van der Waals surface area contributed by atoms with Crippen LogP contribution in [-0.2, 0) is 0 Å². The molecule has 1 fully saturated rings. The molecule has 1 aliphatic heterocycles. The van der Waals surface area contributed by atoms with E-state index >= 15 is 0 Å². The molecule has 0 spiro atoms. The summed E-state index contributed by atoms with van der Waals surface area (Å²) in [4.78, 5) is 9.49. The molecule has 0 aliphatic carbocycles. The molecule has 102 valence electrons. The first kappa shape index (κ1) is 13.8. The van der Waals surface area contributed by atoms with Gasteiger partial charge in [-0.15, -0.1) is 11.3 Å². The molecule has 2 rings (SSSR count). The van der Waals surface area contributed by atoms with Gasteiger partial charge in [-0.2, -0.15) is 0 Å². The summed E-state index contributed by atoms with van der Waals surface area (Å²) >= 11 is 1.75. The van der Waals surface area contributed by atoms with Crippen molar-refractivity contribution in [1.82, 2.24) is 9.88 Å².